The molecule has 0 aliphatic carbocycles. The molecular weight excluding hydrogens is 263 g/mol. The van der Waals surface area contributed by atoms with Crippen LogP contribution in [0.3, 0.4) is 0 Å². The first kappa shape index (κ1) is 15.0. The van der Waals surface area contributed by atoms with Crippen LogP contribution in [0, 0.1) is 0 Å². The molecule has 0 saturated carbocycles. The number of hydrogen-bond acceptors (Lipinski definition) is 3. The van der Waals surface area contributed by atoms with Gasteiger partial charge in [-0.15, -0.1) is 0 Å². The van der Waals surface area contributed by atoms with Crippen molar-refractivity contribution in [3.63, 3.8) is 0 Å². The second kappa shape index (κ2) is 6.21. The molecule has 0 aliphatic heterocycles. The maximum atomic E-state index is 12.2. The van der Waals surface area contributed by atoms with Crippen molar-refractivity contribution in [2.75, 3.05) is 7.11 Å². The molecule has 0 bridgehead atoms. The fourth-order valence-corrected chi connectivity index (χ4v) is 1.43. The quantitative estimate of drug-likeness (QED) is 0.846. The average molecular weight is 275 g/mol. The van der Waals surface area contributed by atoms with Crippen LogP contribution in [0.25, 0.3) is 0 Å². The Bertz CT molecular complexity index is 445. The van der Waals surface area contributed by atoms with Gasteiger partial charge >= 0.3 is 18.1 Å². The molecule has 4 nitrogen and oxygen atoms in total. The molecule has 0 radical (unpaired) electrons. The van der Waals surface area contributed by atoms with Crippen LogP contribution in [0.1, 0.15) is 5.56 Å². The summed E-state index contributed by atoms with van der Waals surface area (Å²) in [5.41, 5.74) is 0.611. The molecule has 0 spiro atoms. The molecule has 1 N–H and O–H groups in total. The number of benzene rings is 1. The Kier molecular flexibility index (Phi) is 4.91. The van der Waals surface area contributed by atoms with Gasteiger partial charge in [-0.1, -0.05) is 30.3 Å². The monoisotopic (exact) mass is 275 g/mol. The van der Waals surface area contributed by atoms with Crippen LogP contribution in [0.2, 0.25) is 0 Å². The van der Waals surface area contributed by atoms with Crippen molar-refractivity contribution in [1.29, 1.82) is 0 Å². The average Bonchev–Trinajstić information content (AvgIpc) is 2.37. The number of methoxy groups -OCH3 is 1. The molecule has 1 rings (SSSR count). The number of halogens is 3. The Morgan fingerprint density at radius 2 is 1.84 bits per heavy atom. The first-order valence-electron chi connectivity index (χ1n) is 5.34. The van der Waals surface area contributed by atoms with E-state index in [4.69, 9.17) is 0 Å². The summed E-state index contributed by atoms with van der Waals surface area (Å²) in [6, 6.07) is 6.97. The minimum Gasteiger partial charge on any atom is -0.467 e. The molecule has 0 aliphatic rings. The Balaban J connectivity index is 2.79. The third-order valence-corrected chi connectivity index (χ3v) is 2.33. The number of carbonyl (C=O) groups is 2. The van der Waals surface area contributed by atoms with Crippen LogP contribution in [-0.2, 0) is 20.7 Å². The van der Waals surface area contributed by atoms with Gasteiger partial charge in [0.2, 0.25) is 0 Å². The maximum Gasteiger partial charge on any atom is 0.471 e. The number of alkyl halides is 3. The summed E-state index contributed by atoms with van der Waals surface area (Å²) in [5, 5.41) is 1.62. The Labute approximate surface area is 107 Å². The Hall–Kier alpha value is -2.05. The van der Waals surface area contributed by atoms with E-state index in [0.29, 0.717) is 5.56 Å². The number of nitrogens with one attached hydrogen (secondary N) is 1. The highest BCUT2D eigenvalue weighted by molar-refractivity contribution is 5.87. The van der Waals surface area contributed by atoms with Gasteiger partial charge in [-0.25, -0.2) is 4.79 Å². The van der Waals surface area contributed by atoms with Crippen LogP contribution in [-0.4, -0.2) is 31.2 Å². The first-order valence-corrected chi connectivity index (χ1v) is 5.34. The number of ether oxygens (including phenoxy) is 1. The molecule has 1 amide bonds. The zero-order chi connectivity index (χ0) is 14.5. The van der Waals surface area contributed by atoms with Crippen LogP contribution >= 0.6 is 0 Å². The molecule has 1 aromatic carbocycles. The normalized spacial score (nSPS) is 12.6. The molecule has 0 aromatic heterocycles. The maximum absolute atomic E-state index is 12.2. The minimum atomic E-state index is -5.04. The standard InChI is InChI=1S/C12H12F3NO3/c1-19-10(17)9(16-11(18)12(13,14)15)7-8-5-3-2-4-6-8/h2-6,9H,7H2,1H3,(H,16,18). The van der Waals surface area contributed by atoms with Crippen molar-refractivity contribution in [1.82, 2.24) is 5.32 Å². The highest BCUT2D eigenvalue weighted by Gasteiger charge is 2.41. The summed E-state index contributed by atoms with van der Waals surface area (Å²) in [6.07, 6.45) is -5.11. The van der Waals surface area contributed by atoms with Crippen molar-refractivity contribution in [2.45, 2.75) is 18.6 Å². The topological polar surface area (TPSA) is 55.4 Å². The van der Waals surface area contributed by atoms with Gasteiger partial charge in [-0.3, -0.25) is 4.79 Å². The molecule has 104 valence electrons. The zero-order valence-electron chi connectivity index (χ0n) is 10.0. The van der Waals surface area contributed by atoms with Crippen molar-refractivity contribution in [3.8, 4) is 0 Å². The van der Waals surface area contributed by atoms with Crippen LogP contribution < -0.4 is 5.32 Å². The Morgan fingerprint density at radius 3 is 2.32 bits per heavy atom. The SMILES string of the molecule is COC(=O)C(Cc1ccccc1)NC(=O)C(F)(F)F. The van der Waals surface area contributed by atoms with E-state index in [-0.39, 0.29) is 6.42 Å². The summed E-state index contributed by atoms with van der Waals surface area (Å²) < 4.78 is 40.8. The van der Waals surface area contributed by atoms with E-state index in [1.807, 2.05) is 0 Å². The van der Waals surface area contributed by atoms with Crippen molar-refractivity contribution >= 4 is 11.9 Å². The number of amides is 1. The molecule has 0 heterocycles. The summed E-state index contributed by atoms with van der Waals surface area (Å²) in [7, 11) is 1.04. The molecule has 19 heavy (non-hydrogen) atoms. The lowest BCUT2D eigenvalue weighted by Crippen LogP contribution is -2.48. The lowest BCUT2D eigenvalue weighted by molar-refractivity contribution is -0.175. The van der Waals surface area contributed by atoms with E-state index in [1.165, 1.54) is 0 Å². The van der Waals surface area contributed by atoms with E-state index in [1.54, 1.807) is 35.6 Å². The lowest BCUT2D eigenvalue weighted by Gasteiger charge is -2.17. The second-order valence-corrected chi connectivity index (χ2v) is 3.74. The van der Waals surface area contributed by atoms with Crippen molar-refractivity contribution in [2.24, 2.45) is 0 Å². The highest BCUT2D eigenvalue weighted by atomic mass is 19.4. The molecule has 1 aromatic rings. The highest BCUT2D eigenvalue weighted by Crippen LogP contribution is 2.15. The first-order chi connectivity index (χ1) is 8.84. The summed E-state index contributed by atoms with van der Waals surface area (Å²) in [5.74, 6) is -3.10. The number of carbonyl (C=O) groups excluding carboxylic acids is 2. The second-order valence-electron chi connectivity index (χ2n) is 3.74. The molecule has 1 atom stereocenters. The number of esters is 1. The smallest absolute Gasteiger partial charge is 0.467 e. The van der Waals surface area contributed by atoms with E-state index < -0.39 is 24.1 Å². The van der Waals surface area contributed by atoms with E-state index >= 15 is 0 Å². The van der Waals surface area contributed by atoms with Gasteiger partial charge in [0.25, 0.3) is 0 Å². The van der Waals surface area contributed by atoms with Gasteiger partial charge in [0.05, 0.1) is 7.11 Å². The van der Waals surface area contributed by atoms with Crippen LogP contribution in [0.15, 0.2) is 30.3 Å². The van der Waals surface area contributed by atoms with Gasteiger partial charge in [0, 0.05) is 6.42 Å². The number of hydrogen-bond donors (Lipinski definition) is 1. The van der Waals surface area contributed by atoms with Crippen LogP contribution in [0.5, 0.6) is 0 Å². The van der Waals surface area contributed by atoms with E-state index in [2.05, 4.69) is 4.74 Å². The number of rotatable bonds is 4. The van der Waals surface area contributed by atoms with Gasteiger partial charge < -0.3 is 10.1 Å². The van der Waals surface area contributed by atoms with Gasteiger partial charge in [-0.2, -0.15) is 13.2 Å². The molecule has 0 fully saturated rings. The molecular formula is C12H12F3NO3. The molecule has 1 unspecified atom stereocenters. The fraction of sp³-hybridized carbons (Fsp3) is 0.333. The Morgan fingerprint density at radius 1 is 1.26 bits per heavy atom. The molecule has 7 heteroatoms. The molecule has 0 saturated heterocycles. The lowest BCUT2D eigenvalue weighted by atomic mass is 10.1. The summed E-state index contributed by atoms with van der Waals surface area (Å²) in [4.78, 5) is 22.2. The summed E-state index contributed by atoms with van der Waals surface area (Å²) >= 11 is 0. The van der Waals surface area contributed by atoms with Gasteiger partial charge in [0.1, 0.15) is 6.04 Å². The third-order valence-electron chi connectivity index (χ3n) is 2.33. The van der Waals surface area contributed by atoms with Crippen LogP contribution in [0.4, 0.5) is 13.2 Å². The van der Waals surface area contributed by atoms with Gasteiger partial charge in [0.15, 0.2) is 0 Å². The van der Waals surface area contributed by atoms with Gasteiger partial charge in [-0.05, 0) is 5.56 Å². The van der Waals surface area contributed by atoms with E-state index in [9.17, 15) is 22.8 Å². The zero-order valence-corrected chi connectivity index (χ0v) is 10.0. The fourth-order valence-electron chi connectivity index (χ4n) is 1.43. The van der Waals surface area contributed by atoms with Crippen molar-refractivity contribution < 1.29 is 27.5 Å². The third kappa shape index (κ3) is 4.61. The predicted octanol–water partition coefficient (Wildman–Crippen LogP) is 1.45. The van der Waals surface area contributed by atoms with E-state index in [0.717, 1.165) is 7.11 Å². The largest absolute Gasteiger partial charge is 0.471 e. The van der Waals surface area contributed by atoms with Crippen molar-refractivity contribution in [3.05, 3.63) is 35.9 Å². The minimum absolute atomic E-state index is 0.0741. The predicted molar refractivity (Wildman–Crippen MR) is 60.1 cm³/mol. The summed E-state index contributed by atoms with van der Waals surface area (Å²) in [6.45, 7) is 0.